The molecule has 0 spiro atoms. The molecular formula is C10H12FN. The SMILES string of the molecule is CC1(C)C(c2ccccc2)N1F. The summed E-state index contributed by atoms with van der Waals surface area (Å²) in [6, 6.07) is 9.72. The van der Waals surface area contributed by atoms with Gasteiger partial charge in [-0.3, -0.25) is 0 Å². The van der Waals surface area contributed by atoms with E-state index in [1.165, 1.54) is 0 Å². The summed E-state index contributed by atoms with van der Waals surface area (Å²) in [5, 5.41) is 0.891. The number of hydrogen-bond acceptors (Lipinski definition) is 1. The van der Waals surface area contributed by atoms with Crippen LogP contribution in [0.2, 0.25) is 0 Å². The molecule has 0 bridgehead atoms. The van der Waals surface area contributed by atoms with Crippen LogP contribution in [0.1, 0.15) is 25.5 Å². The van der Waals surface area contributed by atoms with E-state index in [-0.39, 0.29) is 11.6 Å². The van der Waals surface area contributed by atoms with E-state index in [0.29, 0.717) is 0 Å². The summed E-state index contributed by atoms with van der Waals surface area (Å²) in [5.74, 6) is 0. The average molecular weight is 165 g/mol. The smallest absolute Gasteiger partial charge is 0.0863 e. The highest BCUT2D eigenvalue weighted by Gasteiger charge is 2.57. The average Bonchev–Trinajstić information content (AvgIpc) is 2.53. The first kappa shape index (κ1) is 7.74. The standard InChI is InChI=1S/C10H12FN/c1-10(2)9(12(10)11)8-6-4-3-5-7-8/h3-7,9H,1-2H3. The minimum Gasteiger partial charge on any atom is -0.133 e. The van der Waals surface area contributed by atoms with Crippen molar-refractivity contribution >= 4 is 0 Å². The third kappa shape index (κ3) is 0.950. The van der Waals surface area contributed by atoms with Gasteiger partial charge in [-0.05, 0) is 19.4 Å². The predicted octanol–water partition coefficient (Wildman–Crippen LogP) is 2.71. The molecule has 1 aromatic carbocycles. The fourth-order valence-electron chi connectivity index (χ4n) is 1.61. The minimum absolute atomic E-state index is 0.0429. The molecule has 1 saturated heterocycles. The van der Waals surface area contributed by atoms with Gasteiger partial charge >= 0.3 is 0 Å². The second-order valence-electron chi connectivity index (χ2n) is 3.78. The monoisotopic (exact) mass is 165 g/mol. The zero-order chi connectivity index (χ0) is 8.77. The second kappa shape index (κ2) is 2.30. The zero-order valence-electron chi connectivity index (χ0n) is 7.29. The highest BCUT2D eigenvalue weighted by molar-refractivity contribution is 5.28. The molecule has 64 valence electrons. The van der Waals surface area contributed by atoms with E-state index < -0.39 is 0 Å². The molecule has 2 heteroatoms. The van der Waals surface area contributed by atoms with Gasteiger partial charge in [-0.15, -0.1) is 9.60 Å². The Labute approximate surface area is 71.7 Å². The first-order valence-corrected chi connectivity index (χ1v) is 4.14. The lowest BCUT2D eigenvalue weighted by atomic mass is 10.0. The van der Waals surface area contributed by atoms with E-state index in [2.05, 4.69) is 0 Å². The molecule has 1 fully saturated rings. The van der Waals surface area contributed by atoms with Crippen LogP contribution in [0.25, 0.3) is 0 Å². The molecule has 2 rings (SSSR count). The van der Waals surface area contributed by atoms with Crippen LogP contribution >= 0.6 is 0 Å². The normalized spacial score (nSPS) is 31.6. The van der Waals surface area contributed by atoms with E-state index >= 15 is 0 Å². The van der Waals surface area contributed by atoms with Crippen LogP contribution in [0, 0.1) is 0 Å². The lowest BCUT2D eigenvalue weighted by molar-refractivity contribution is 0.129. The number of hydrogen-bond donors (Lipinski definition) is 0. The third-order valence-corrected chi connectivity index (χ3v) is 2.49. The maximum Gasteiger partial charge on any atom is 0.0863 e. The van der Waals surface area contributed by atoms with E-state index in [9.17, 15) is 4.48 Å². The first-order valence-electron chi connectivity index (χ1n) is 4.14. The molecule has 2 atom stereocenters. The third-order valence-electron chi connectivity index (χ3n) is 2.49. The molecule has 1 aromatic rings. The van der Waals surface area contributed by atoms with Crippen molar-refractivity contribution in [1.29, 1.82) is 0 Å². The second-order valence-corrected chi connectivity index (χ2v) is 3.78. The number of halogens is 1. The zero-order valence-corrected chi connectivity index (χ0v) is 7.29. The van der Waals surface area contributed by atoms with Gasteiger partial charge in [-0.1, -0.05) is 30.3 Å². The molecular weight excluding hydrogens is 153 g/mol. The minimum atomic E-state index is -0.304. The molecule has 12 heavy (non-hydrogen) atoms. The van der Waals surface area contributed by atoms with Gasteiger partial charge in [0.2, 0.25) is 0 Å². The Morgan fingerprint density at radius 2 is 1.75 bits per heavy atom. The lowest BCUT2D eigenvalue weighted by Crippen LogP contribution is -2.00. The van der Waals surface area contributed by atoms with Crippen molar-refractivity contribution in [3.63, 3.8) is 0 Å². The van der Waals surface area contributed by atoms with Crippen molar-refractivity contribution in [2.75, 3.05) is 0 Å². The van der Waals surface area contributed by atoms with Crippen molar-refractivity contribution in [2.24, 2.45) is 0 Å². The van der Waals surface area contributed by atoms with Gasteiger partial charge in [0.15, 0.2) is 0 Å². The summed E-state index contributed by atoms with van der Waals surface area (Å²) in [5.41, 5.74) is 0.756. The highest BCUT2D eigenvalue weighted by Crippen LogP contribution is 2.52. The van der Waals surface area contributed by atoms with Gasteiger partial charge in [0, 0.05) is 0 Å². The summed E-state index contributed by atoms with van der Waals surface area (Å²) < 4.78 is 13.1. The van der Waals surface area contributed by atoms with Gasteiger partial charge in [0.05, 0.1) is 11.6 Å². The topological polar surface area (TPSA) is 3.01 Å². The van der Waals surface area contributed by atoms with E-state index in [4.69, 9.17) is 0 Å². The molecule has 0 N–H and O–H groups in total. The molecule has 1 aliphatic rings. The van der Waals surface area contributed by atoms with Crippen molar-refractivity contribution in [3.8, 4) is 0 Å². The summed E-state index contributed by atoms with van der Waals surface area (Å²) in [7, 11) is 0. The lowest BCUT2D eigenvalue weighted by Gasteiger charge is -1.96. The van der Waals surface area contributed by atoms with E-state index in [1.807, 2.05) is 44.2 Å². The van der Waals surface area contributed by atoms with Crippen molar-refractivity contribution in [1.82, 2.24) is 5.12 Å². The van der Waals surface area contributed by atoms with Crippen molar-refractivity contribution < 1.29 is 4.48 Å². The Hall–Kier alpha value is -0.890. The largest absolute Gasteiger partial charge is 0.133 e. The molecule has 0 aliphatic carbocycles. The molecule has 0 radical (unpaired) electrons. The van der Waals surface area contributed by atoms with Crippen molar-refractivity contribution in [2.45, 2.75) is 25.4 Å². The quantitative estimate of drug-likeness (QED) is 0.456. The molecule has 1 heterocycles. The number of rotatable bonds is 1. The summed E-state index contributed by atoms with van der Waals surface area (Å²) in [4.78, 5) is 0. The Morgan fingerprint density at radius 3 is 2.17 bits per heavy atom. The molecule has 0 aromatic heterocycles. The number of nitrogens with zero attached hydrogens (tertiary/aromatic N) is 1. The molecule has 2 unspecified atom stereocenters. The fourth-order valence-corrected chi connectivity index (χ4v) is 1.61. The van der Waals surface area contributed by atoms with E-state index in [0.717, 1.165) is 10.7 Å². The van der Waals surface area contributed by atoms with Gasteiger partial charge < -0.3 is 0 Å². The fraction of sp³-hybridized carbons (Fsp3) is 0.400. The van der Waals surface area contributed by atoms with Crippen LogP contribution in [0.5, 0.6) is 0 Å². The Kier molecular flexibility index (Phi) is 1.48. The van der Waals surface area contributed by atoms with Crippen LogP contribution in [0.15, 0.2) is 30.3 Å². The molecule has 0 saturated carbocycles. The van der Waals surface area contributed by atoms with Crippen molar-refractivity contribution in [3.05, 3.63) is 35.9 Å². The Bertz CT molecular complexity index is 281. The van der Waals surface area contributed by atoms with Gasteiger partial charge in [-0.2, -0.15) is 0 Å². The first-order chi connectivity index (χ1) is 5.64. The maximum atomic E-state index is 13.1. The Balaban J connectivity index is 2.25. The van der Waals surface area contributed by atoms with Gasteiger partial charge in [0.25, 0.3) is 0 Å². The predicted molar refractivity (Wildman–Crippen MR) is 46.2 cm³/mol. The van der Waals surface area contributed by atoms with Gasteiger partial charge in [-0.25, -0.2) is 0 Å². The number of benzene rings is 1. The van der Waals surface area contributed by atoms with E-state index in [1.54, 1.807) is 0 Å². The summed E-state index contributed by atoms with van der Waals surface area (Å²) in [6.45, 7) is 3.81. The summed E-state index contributed by atoms with van der Waals surface area (Å²) in [6.07, 6.45) is 0. The van der Waals surface area contributed by atoms with Gasteiger partial charge in [0.1, 0.15) is 0 Å². The summed E-state index contributed by atoms with van der Waals surface area (Å²) >= 11 is 0. The molecule has 1 nitrogen and oxygen atoms in total. The maximum absolute atomic E-state index is 13.1. The van der Waals surface area contributed by atoms with Crippen LogP contribution < -0.4 is 0 Å². The molecule has 0 amide bonds. The van der Waals surface area contributed by atoms with Crippen LogP contribution in [-0.4, -0.2) is 10.7 Å². The van der Waals surface area contributed by atoms with Crippen LogP contribution in [0.3, 0.4) is 0 Å². The molecule has 1 aliphatic heterocycles. The Morgan fingerprint density at radius 1 is 1.25 bits per heavy atom. The van der Waals surface area contributed by atoms with Crippen LogP contribution in [-0.2, 0) is 0 Å². The van der Waals surface area contributed by atoms with Crippen LogP contribution in [0.4, 0.5) is 4.48 Å². The highest BCUT2D eigenvalue weighted by atomic mass is 19.2.